The van der Waals surface area contributed by atoms with Crippen molar-refractivity contribution in [3.63, 3.8) is 0 Å². The average Bonchev–Trinajstić information content (AvgIpc) is 2.64. The third kappa shape index (κ3) is 6.99. The quantitative estimate of drug-likeness (QED) is 0.471. The van der Waals surface area contributed by atoms with Crippen LogP contribution in [0.15, 0.2) is 53.4 Å². The molecule has 0 saturated carbocycles. The number of halogens is 6. The fourth-order valence-electron chi connectivity index (χ4n) is 2.69. The van der Waals surface area contributed by atoms with Crippen molar-refractivity contribution in [3.05, 3.63) is 65.2 Å². The van der Waals surface area contributed by atoms with Gasteiger partial charge in [0.25, 0.3) is 0 Å². The van der Waals surface area contributed by atoms with Crippen molar-refractivity contribution in [2.24, 2.45) is 0 Å². The van der Waals surface area contributed by atoms with Crippen molar-refractivity contribution in [3.8, 4) is 0 Å². The van der Waals surface area contributed by atoms with Gasteiger partial charge in [0.15, 0.2) is 0 Å². The number of rotatable bonds is 8. The average molecular weight is 454 g/mol. The normalized spacial score (nSPS) is 13.1. The molecule has 0 amide bonds. The van der Waals surface area contributed by atoms with Crippen LogP contribution >= 0.6 is 0 Å². The van der Waals surface area contributed by atoms with Crippen molar-refractivity contribution in [2.75, 3.05) is 20.1 Å². The summed E-state index contributed by atoms with van der Waals surface area (Å²) in [6.07, 6.45) is -9.93. The lowest BCUT2D eigenvalue weighted by Gasteiger charge is -2.17. The molecule has 2 aromatic carbocycles. The fourth-order valence-corrected chi connectivity index (χ4v) is 3.84. The summed E-state index contributed by atoms with van der Waals surface area (Å²) in [5.41, 5.74) is -2.31. The van der Waals surface area contributed by atoms with E-state index in [1.165, 1.54) is 0 Å². The Kier molecular flexibility index (Phi) is 7.54. The molecule has 4 nitrogen and oxygen atoms in total. The second-order valence-corrected chi connectivity index (χ2v) is 8.48. The molecule has 0 aliphatic heterocycles. The van der Waals surface area contributed by atoms with Crippen LogP contribution < -0.4 is 4.72 Å². The predicted molar refractivity (Wildman–Crippen MR) is 99.0 cm³/mol. The molecule has 0 spiro atoms. The second-order valence-electron chi connectivity index (χ2n) is 6.72. The SMILES string of the molecule is CN(CCCNS(=O)(=O)c1cc(C(F)(F)F)cc(C(F)(F)F)c1)Cc1ccccc1. The highest BCUT2D eigenvalue weighted by Gasteiger charge is 2.38. The smallest absolute Gasteiger partial charge is 0.302 e. The van der Waals surface area contributed by atoms with Crippen LogP contribution in [0.2, 0.25) is 0 Å². The van der Waals surface area contributed by atoms with Gasteiger partial charge in [0.2, 0.25) is 10.0 Å². The fraction of sp³-hybridized carbons (Fsp3) is 0.368. The van der Waals surface area contributed by atoms with Crippen molar-refractivity contribution in [1.29, 1.82) is 0 Å². The minimum Gasteiger partial charge on any atom is -0.302 e. The van der Waals surface area contributed by atoms with Gasteiger partial charge in [0.1, 0.15) is 0 Å². The zero-order valence-electron chi connectivity index (χ0n) is 15.9. The summed E-state index contributed by atoms with van der Waals surface area (Å²) in [7, 11) is -2.74. The summed E-state index contributed by atoms with van der Waals surface area (Å²) < 4.78 is 104. The summed E-state index contributed by atoms with van der Waals surface area (Å²) >= 11 is 0. The van der Waals surface area contributed by atoms with Gasteiger partial charge in [-0.15, -0.1) is 0 Å². The number of hydrogen-bond donors (Lipinski definition) is 1. The third-order valence-electron chi connectivity index (χ3n) is 4.18. The van der Waals surface area contributed by atoms with Crippen LogP contribution in [0.3, 0.4) is 0 Å². The number of sulfonamides is 1. The first-order valence-electron chi connectivity index (χ1n) is 8.80. The highest BCUT2D eigenvalue weighted by molar-refractivity contribution is 7.89. The molecule has 0 aromatic heterocycles. The maximum absolute atomic E-state index is 12.9. The highest BCUT2D eigenvalue weighted by Crippen LogP contribution is 2.37. The summed E-state index contributed by atoms with van der Waals surface area (Å²) in [4.78, 5) is 0.831. The minimum atomic E-state index is -5.12. The Balaban J connectivity index is 2.04. The topological polar surface area (TPSA) is 49.4 Å². The lowest BCUT2D eigenvalue weighted by Crippen LogP contribution is -2.28. The van der Waals surface area contributed by atoms with Crippen LogP contribution in [-0.4, -0.2) is 33.5 Å². The van der Waals surface area contributed by atoms with Crippen LogP contribution in [0.1, 0.15) is 23.1 Å². The summed E-state index contributed by atoms with van der Waals surface area (Å²) in [5.74, 6) is 0. The Morgan fingerprint density at radius 2 is 1.43 bits per heavy atom. The number of alkyl halides is 6. The van der Waals surface area contributed by atoms with Gasteiger partial charge in [-0.25, -0.2) is 13.1 Å². The zero-order valence-corrected chi connectivity index (χ0v) is 16.7. The van der Waals surface area contributed by atoms with E-state index < -0.39 is 38.4 Å². The number of nitrogens with zero attached hydrogens (tertiary/aromatic N) is 1. The Labute approximate surface area is 170 Å². The van der Waals surface area contributed by atoms with Crippen LogP contribution in [0.4, 0.5) is 26.3 Å². The van der Waals surface area contributed by atoms with E-state index in [1.807, 2.05) is 42.3 Å². The molecule has 0 radical (unpaired) electrons. The molecular formula is C19H20F6N2O2S. The van der Waals surface area contributed by atoms with E-state index in [4.69, 9.17) is 0 Å². The van der Waals surface area contributed by atoms with Gasteiger partial charge in [-0.3, -0.25) is 0 Å². The lowest BCUT2D eigenvalue weighted by atomic mass is 10.1. The molecule has 0 unspecified atom stereocenters. The monoisotopic (exact) mass is 454 g/mol. The second kappa shape index (κ2) is 9.36. The highest BCUT2D eigenvalue weighted by atomic mass is 32.2. The van der Waals surface area contributed by atoms with Gasteiger partial charge >= 0.3 is 12.4 Å². The third-order valence-corrected chi connectivity index (χ3v) is 5.62. The Morgan fingerprint density at radius 3 is 1.93 bits per heavy atom. The minimum absolute atomic E-state index is 0.114. The molecule has 0 aliphatic carbocycles. The molecule has 0 saturated heterocycles. The Morgan fingerprint density at radius 1 is 0.900 bits per heavy atom. The summed E-state index contributed by atoms with van der Waals surface area (Å²) in [5, 5.41) is 0. The predicted octanol–water partition coefficient (Wildman–Crippen LogP) is 4.52. The standard InChI is InChI=1S/C19H20F6N2O2S/c1-27(13-14-6-3-2-4-7-14)9-5-8-26-30(28,29)17-11-15(18(20,21)22)10-16(12-17)19(23,24)25/h2-4,6-7,10-12,26H,5,8-9,13H2,1H3. The zero-order chi connectivity index (χ0) is 22.6. The van der Waals surface area contributed by atoms with Crippen molar-refractivity contribution in [2.45, 2.75) is 30.2 Å². The lowest BCUT2D eigenvalue weighted by molar-refractivity contribution is -0.143. The molecular weight excluding hydrogens is 434 g/mol. The summed E-state index contributed by atoms with van der Waals surface area (Å²) in [6.45, 7) is 0.934. The van der Waals surface area contributed by atoms with Gasteiger partial charge in [-0.05, 0) is 43.8 Å². The Bertz CT molecular complexity index is 911. The Hall–Kier alpha value is -2.11. The molecule has 166 valence electrons. The van der Waals surface area contributed by atoms with Crippen molar-refractivity contribution in [1.82, 2.24) is 9.62 Å². The van der Waals surface area contributed by atoms with E-state index in [1.54, 1.807) is 0 Å². The molecule has 30 heavy (non-hydrogen) atoms. The molecule has 0 aliphatic rings. The molecule has 11 heteroatoms. The molecule has 0 fully saturated rings. The molecule has 0 heterocycles. The molecule has 1 N–H and O–H groups in total. The van der Waals surface area contributed by atoms with Gasteiger partial charge < -0.3 is 4.90 Å². The van der Waals surface area contributed by atoms with E-state index in [9.17, 15) is 34.8 Å². The van der Waals surface area contributed by atoms with Crippen molar-refractivity contribution >= 4 is 10.0 Å². The first kappa shape index (κ1) is 24.2. The first-order chi connectivity index (χ1) is 13.8. The van der Waals surface area contributed by atoms with Crippen LogP contribution in [0.5, 0.6) is 0 Å². The molecule has 2 rings (SSSR count). The molecule has 0 bridgehead atoms. The van der Waals surface area contributed by atoms with Gasteiger partial charge in [-0.1, -0.05) is 30.3 Å². The van der Waals surface area contributed by atoms with E-state index in [2.05, 4.69) is 4.72 Å². The van der Waals surface area contributed by atoms with E-state index in [-0.39, 0.29) is 24.7 Å². The van der Waals surface area contributed by atoms with Gasteiger partial charge in [0, 0.05) is 13.1 Å². The number of hydrogen-bond acceptors (Lipinski definition) is 3. The molecule has 2 aromatic rings. The number of benzene rings is 2. The van der Waals surface area contributed by atoms with Crippen LogP contribution in [0.25, 0.3) is 0 Å². The van der Waals surface area contributed by atoms with E-state index in [0.717, 1.165) is 5.56 Å². The molecule has 0 atom stereocenters. The largest absolute Gasteiger partial charge is 0.416 e. The van der Waals surface area contributed by atoms with Gasteiger partial charge in [-0.2, -0.15) is 26.3 Å². The van der Waals surface area contributed by atoms with Gasteiger partial charge in [0.05, 0.1) is 16.0 Å². The van der Waals surface area contributed by atoms with E-state index >= 15 is 0 Å². The van der Waals surface area contributed by atoms with E-state index in [0.29, 0.717) is 19.5 Å². The van der Waals surface area contributed by atoms with Crippen molar-refractivity contribution < 1.29 is 34.8 Å². The summed E-state index contributed by atoms with van der Waals surface area (Å²) in [6, 6.07) is 9.74. The van der Waals surface area contributed by atoms with Crippen LogP contribution in [-0.2, 0) is 28.9 Å². The maximum Gasteiger partial charge on any atom is 0.416 e. The maximum atomic E-state index is 12.9. The number of nitrogens with one attached hydrogen (secondary N) is 1. The van der Waals surface area contributed by atoms with Crippen LogP contribution in [0, 0.1) is 0 Å². The first-order valence-corrected chi connectivity index (χ1v) is 10.3.